The van der Waals surface area contributed by atoms with E-state index in [1.165, 1.54) is 0 Å². The minimum atomic E-state index is -0.257. The average Bonchev–Trinajstić information content (AvgIpc) is 3.33. The first-order valence-corrected chi connectivity index (χ1v) is 7.54. The summed E-state index contributed by atoms with van der Waals surface area (Å²) in [7, 11) is 0. The minimum absolute atomic E-state index is 0.148. The van der Waals surface area contributed by atoms with Crippen molar-refractivity contribution in [1.29, 1.82) is 0 Å². The number of carbonyl (C=O) groups is 4. The Morgan fingerprint density at radius 1 is 0.792 bits per heavy atom. The van der Waals surface area contributed by atoms with E-state index in [9.17, 15) is 19.2 Å². The summed E-state index contributed by atoms with van der Waals surface area (Å²) in [6.07, 6.45) is 7.41. The van der Waals surface area contributed by atoms with Gasteiger partial charge in [0.1, 0.15) is 0 Å². The molecule has 4 atom stereocenters. The molecule has 3 fully saturated rings. The van der Waals surface area contributed by atoms with Crippen molar-refractivity contribution in [3.63, 3.8) is 0 Å². The average molecular weight is 332 g/mol. The molecule has 3 saturated heterocycles. The zero-order chi connectivity index (χ0) is 17.1. The number of hydrogen-bond acceptors (Lipinski definition) is 6. The second-order valence-electron chi connectivity index (χ2n) is 5.62. The van der Waals surface area contributed by atoms with Gasteiger partial charge in [0.05, 0.1) is 36.6 Å². The second-order valence-corrected chi connectivity index (χ2v) is 5.62. The molecule has 1 aromatic heterocycles. The maximum absolute atomic E-state index is 11.2. The Bertz CT molecular complexity index is 622. The molecule has 2 bridgehead atoms. The van der Waals surface area contributed by atoms with E-state index in [1.807, 2.05) is 24.3 Å². The van der Waals surface area contributed by atoms with Gasteiger partial charge in [-0.2, -0.15) is 0 Å². The molecule has 4 aliphatic heterocycles. The number of carbonyl (C=O) groups excluding carboxylic acids is 4. The van der Waals surface area contributed by atoms with Gasteiger partial charge in [-0.3, -0.25) is 29.8 Å². The van der Waals surface area contributed by atoms with Gasteiger partial charge in [0.15, 0.2) is 0 Å². The van der Waals surface area contributed by atoms with Gasteiger partial charge in [0, 0.05) is 12.8 Å². The Labute approximate surface area is 137 Å². The molecular formula is C16H16N2O6. The van der Waals surface area contributed by atoms with Gasteiger partial charge in [-0.1, -0.05) is 12.2 Å². The third-order valence-corrected chi connectivity index (χ3v) is 4.03. The van der Waals surface area contributed by atoms with E-state index in [-0.39, 0.29) is 47.7 Å². The van der Waals surface area contributed by atoms with Crippen LogP contribution in [0.4, 0.5) is 0 Å². The number of amides is 4. The van der Waals surface area contributed by atoms with Gasteiger partial charge in [0.25, 0.3) is 0 Å². The molecule has 4 unspecified atom stereocenters. The van der Waals surface area contributed by atoms with Crippen LogP contribution >= 0.6 is 0 Å². The zero-order valence-electron chi connectivity index (χ0n) is 12.6. The molecule has 0 aromatic carbocycles. The first kappa shape index (κ1) is 16.1. The molecule has 2 N–H and O–H groups in total. The molecule has 0 spiro atoms. The molecule has 4 amide bonds. The maximum atomic E-state index is 11.2. The lowest BCUT2D eigenvalue weighted by Crippen LogP contribution is -2.27. The predicted octanol–water partition coefficient (Wildman–Crippen LogP) is -0.0850. The monoisotopic (exact) mass is 332 g/mol. The van der Waals surface area contributed by atoms with E-state index in [0.29, 0.717) is 12.8 Å². The van der Waals surface area contributed by atoms with Gasteiger partial charge in [-0.25, -0.2) is 0 Å². The van der Waals surface area contributed by atoms with E-state index < -0.39 is 0 Å². The van der Waals surface area contributed by atoms with E-state index in [1.54, 1.807) is 12.5 Å². The summed E-state index contributed by atoms with van der Waals surface area (Å²) in [6, 6.07) is 3.67. The van der Waals surface area contributed by atoms with Crippen molar-refractivity contribution in [3.05, 3.63) is 36.8 Å². The Morgan fingerprint density at radius 3 is 1.62 bits per heavy atom. The van der Waals surface area contributed by atoms with Crippen LogP contribution in [0.2, 0.25) is 0 Å². The number of ether oxygens (including phenoxy) is 1. The fourth-order valence-corrected chi connectivity index (χ4v) is 2.96. The molecule has 8 heteroatoms. The molecule has 0 saturated carbocycles. The van der Waals surface area contributed by atoms with Gasteiger partial charge in [-0.15, -0.1) is 0 Å². The van der Waals surface area contributed by atoms with Crippen LogP contribution in [0, 0.1) is 11.8 Å². The van der Waals surface area contributed by atoms with Crippen molar-refractivity contribution in [2.24, 2.45) is 11.8 Å². The van der Waals surface area contributed by atoms with E-state index in [4.69, 9.17) is 4.74 Å². The standard InChI is InChI=1S/C8H7NO3.C4H5NO2.C4H4O/c10-7-5-3-1-2-4(12-3)6(5)8(11)9-7;6-3-1-2-4(7)5-3;1-2-4-5-3-1/h1-6H,(H,9,10,11);1-2H2,(H,5,6,7);1-4H. The van der Waals surface area contributed by atoms with Gasteiger partial charge in [0.2, 0.25) is 23.6 Å². The number of furan rings is 1. The molecule has 0 radical (unpaired) electrons. The first-order chi connectivity index (χ1) is 11.6. The van der Waals surface area contributed by atoms with Crippen LogP contribution in [0.15, 0.2) is 41.2 Å². The van der Waals surface area contributed by atoms with Gasteiger partial charge in [-0.05, 0) is 12.1 Å². The van der Waals surface area contributed by atoms with Crippen molar-refractivity contribution in [1.82, 2.24) is 10.6 Å². The van der Waals surface area contributed by atoms with Crippen LogP contribution in [0.5, 0.6) is 0 Å². The summed E-state index contributed by atoms with van der Waals surface area (Å²) in [5.41, 5.74) is 0. The van der Waals surface area contributed by atoms with Crippen LogP contribution in [0.25, 0.3) is 0 Å². The topological polar surface area (TPSA) is 115 Å². The fraction of sp³-hybridized carbons (Fsp3) is 0.375. The van der Waals surface area contributed by atoms with E-state index in [0.717, 1.165) is 0 Å². The van der Waals surface area contributed by atoms with E-state index in [2.05, 4.69) is 15.1 Å². The lowest BCUT2D eigenvalue weighted by Gasteiger charge is -2.10. The zero-order valence-corrected chi connectivity index (χ0v) is 12.6. The summed E-state index contributed by atoms with van der Waals surface area (Å²) in [5.74, 6) is -1.17. The molecule has 126 valence electrons. The number of hydrogen-bond donors (Lipinski definition) is 2. The predicted molar refractivity (Wildman–Crippen MR) is 79.0 cm³/mol. The molecule has 1 aromatic rings. The second kappa shape index (κ2) is 6.79. The normalized spacial score (nSPS) is 31.7. The lowest BCUT2D eigenvalue weighted by atomic mass is 9.85. The molecule has 8 nitrogen and oxygen atoms in total. The highest BCUT2D eigenvalue weighted by atomic mass is 16.5. The largest absolute Gasteiger partial charge is 0.473 e. The van der Waals surface area contributed by atoms with Crippen LogP contribution in [0.3, 0.4) is 0 Å². The highest BCUT2D eigenvalue weighted by Gasteiger charge is 2.57. The molecule has 4 aliphatic rings. The van der Waals surface area contributed by atoms with Crippen LogP contribution in [-0.4, -0.2) is 35.8 Å². The molecule has 24 heavy (non-hydrogen) atoms. The smallest absolute Gasteiger partial charge is 0.233 e. The van der Waals surface area contributed by atoms with E-state index >= 15 is 0 Å². The third-order valence-electron chi connectivity index (χ3n) is 4.03. The van der Waals surface area contributed by atoms with Crippen molar-refractivity contribution < 1.29 is 28.3 Å². The number of rotatable bonds is 0. The minimum Gasteiger partial charge on any atom is -0.473 e. The highest BCUT2D eigenvalue weighted by Crippen LogP contribution is 2.41. The first-order valence-electron chi connectivity index (χ1n) is 7.54. The molecule has 0 aliphatic carbocycles. The van der Waals surface area contributed by atoms with Crippen LogP contribution < -0.4 is 10.6 Å². The van der Waals surface area contributed by atoms with Crippen molar-refractivity contribution in [3.8, 4) is 0 Å². The van der Waals surface area contributed by atoms with Gasteiger partial charge >= 0.3 is 0 Å². The SMILES string of the molecule is O=C1CCC(=O)N1.O=C1NC(=O)C2C3C=CC(O3)C12.c1ccoc1. The summed E-state index contributed by atoms with van der Waals surface area (Å²) in [4.78, 5) is 42.7. The molecule has 5 rings (SSSR count). The van der Waals surface area contributed by atoms with Crippen molar-refractivity contribution >= 4 is 23.6 Å². The van der Waals surface area contributed by atoms with Crippen LogP contribution in [0.1, 0.15) is 12.8 Å². The maximum Gasteiger partial charge on any atom is 0.233 e. The summed E-state index contributed by atoms with van der Waals surface area (Å²) >= 11 is 0. The quantitative estimate of drug-likeness (QED) is 0.507. The van der Waals surface area contributed by atoms with Crippen molar-refractivity contribution in [2.75, 3.05) is 0 Å². The van der Waals surface area contributed by atoms with Crippen LogP contribution in [-0.2, 0) is 23.9 Å². The number of fused-ring (bicyclic) bond motifs is 5. The molecular weight excluding hydrogens is 316 g/mol. The summed E-state index contributed by atoms with van der Waals surface area (Å²) < 4.78 is 9.97. The van der Waals surface area contributed by atoms with Crippen molar-refractivity contribution in [2.45, 2.75) is 25.0 Å². The Hall–Kier alpha value is -2.74. The molecule has 5 heterocycles. The summed E-state index contributed by atoms with van der Waals surface area (Å²) in [5, 5.41) is 4.46. The lowest BCUT2D eigenvalue weighted by molar-refractivity contribution is -0.129. The Kier molecular flexibility index (Phi) is 4.57. The third kappa shape index (κ3) is 3.28. The van der Waals surface area contributed by atoms with Gasteiger partial charge < -0.3 is 9.15 Å². The summed E-state index contributed by atoms with van der Waals surface area (Å²) in [6.45, 7) is 0. The Balaban J connectivity index is 0.000000120. The number of imide groups is 2. The fourth-order valence-electron chi connectivity index (χ4n) is 2.96. The Morgan fingerprint density at radius 2 is 1.29 bits per heavy atom. The highest BCUT2D eigenvalue weighted by molar-refractivity contribution is 6.06. The number of nitrogens with one attached hydrogen (secondary N) is 2.